The minimum atomic E-state index is -0.382. The lowest BCUT2D eigenvalue weighted by Gasteiger charge is -2.13. The monoisotopic (exact) mass is 288 g/mol. The molecule has 0 bridgehead atoms. The fourth-order valence-electron chi connectivity index (χ4n) is 2.07. The van der Waals surface area contributed by atoms with E-state index >= 15 is 0 Å². The van der Waals surface area contributed by atoms with Gasteiger partial charge in [-0.2, -0.15) is 4.98 Å². The highest BCUT2D eigenvalue weighted by Gasteiger charge is 2.11. The lowest BCUT2D eigenvalue weighted by molar-refractivity contribution is 0.613. The van der Waals surface area contributed by atoms with Crippen LogP contribution in [0.2, 0.25) is 0 Å². The van der Waals surface area contributed by atoms with Gasteiger partial charge in [-0.15, -0.1) is 5.10 Å². The quantitative estimate of drug-likeness (QED) is 0.802. The predicted molar refractivity (Wildman–Crippen MR) is 76.1 cm³/mol. The number of nitrogens with one attached hydrogen (secondary N) is 1. The van der Waals surface area contributed by atoms with Crippen molar-refractivity contribution in [3.63, 3.8) is 0 Å². The molecule has 0 saturated carbocycles. The van der Waals surface area contributed by atoms with Gasteiger partial charge in [-0.25, -0.2) is 13.3 Å². The Hall–Kier alpha value is -2.50. The summed E-state index contributed by atoms with van der Waals surface area (Å²) in [6.45, 7) is 3.60. The summed E-state index contributed by atoms with van der Waals surface area (Å²) in [5.41, 5.74) is 1.94. The predicted octanol–water partition coefficient (Wildman–Crippen LogP) is 3.49. The van der Waals surface area contributed by atoms with E-state index in [-0.39, 0.29) is 17.7 Å². The van der Waals surface area contributed by atoms with Crippen LogP contribution in [0.4, 0.5) is 14.7 Å². The van der Waals surface area contributed by atoms with E-state index in [4.69, 9.17) is 0 Å². The van der Waals surface area contributed by atoms with Crippen molar-refractivity contribution in [1.82, 2.24) is 14.6 Å². The maximum Gasteiger partial charge on any atom is 0.243 e. The molecule has 4 nitrogen and oxygen atoms in total. The summed E-state index contributed by atoms with van der Waals surface area (Å²) in [6, 6.07) is 7.78. The zero-order valence-electron chi connectivity index (χ0n) is 11.6. The summed E-state index contributed by atoms with van der Waals surface area (Å²) in [5, 5.41) is 7.22. The van der Waals surface area contributed by atoms with Gasteiger partial charge in [0.15, 0.2) is 5.65 Å². The minimum Gasteiger partial charge on any atom is -0.346 e. The van der Waals surface area contributed by atoms with Crippen LogP contribution in [0.25, 0.3) is 5.65 Å². The van der Waals surface area contributed by atoms with Crippen molar-refractivity contribution in [1.29, 1.82) is 0 Å². The van der Waals surface area contributed by atoms with Gasteiger partial charge in [0.1, 0.15) is 11.6 Å². The highest BCUT2D eigenvalue weighted by molar-refractivity contribution is 5.44. The Morgan fingerprint density at radius 1 is 1.19 bits per heavy atom. The molecule has 108 valence electrons. The normalized spacial score (nSPS) is 12.6. The van der Waals surface area contributed by atoms with Crippen LogP contribution in [-0.4, -0.2) is 14.6 Å². The fourth-order valence-corrected chi connectivity index (χ4v) is 2.07. The lowest BCUT2D eigenvalue weighted by atomic mass is 10.1. The van der Waals surface area contributed by atoms with Crippen molar-refractivity contribution < 1.29 is 8.78 Å². The Morgan fingerprint density at radius 3 is 2.76 bits per heavy atom. The molecule has 0 aliphatic heterocycles. The third-order valence-corrected chi connectivity index (χ3v) is 3.34. The van der Waals surface area contributed by atoms with Gasteiger partial charge in [0.25, 0.3) is 0 Å². The van der Waals surface area contributed by atoms with Gasteiger partial charge in [0.2, 0.25) is 5.95 Å². The maximum absolute atomic E-state index is 13.6. The molecule has 3 rings (SSSR count). The van der Waals surface area contributed by atoms with Gasteiger partial charge in [0, 0.05) is 0 Å². The number of hydrogen-bond donors (Lipinski definition) is 1. The number of fused-ring (bicyclic) bond motifs is 1. The molecule has 2 heterocycles. The van der Waals surface area contributed by atoms with Gasteiger partial charge in [0.05, 0.1) is 12.2 Å². The van der Waals surface area contributed by atoms with Gasteiger partial charge in [-0.05, 0) is 43.2 Å². The summed E-state index contributed by atoms with van der Waals surface area (Å²) in [5.74, 6) is -0.257. The molecule has 6 heteroatoms. The van der Waals surface area contributed by atoms with E-state index in [9.17, 15) is 8.78 Å². The second-order valence-electron chi connectivity index (χ2n) is 4.96. The maximum atomic E-state index is 13.6. The van der Waals surface area contributed by atoms with Gasteiger partial charge < -0.3 is 5.32 Å². The summed E-state index contributed by atoms with van der Waals surface area (Å²) >= 11 is 0. The number of benzene rings is 1. The summed E-state index contributed by atoms with van der Waals surface area (Å²) < 4.78 is 28.1. The lowest BCUT2D eigenvalue weighted by Crippen LogP contribution is -2.08. The van der Waals surface area contributed by atoms with Crippen LogP contribution in [0.3, 0.4) is 0 Å². The molecule has 1 atom stereocenters. The van der Waals surface area contributed by atoms with Crippen molar-refractivity contribution in [2.45, 2.75) is 19.9 Å². The van der Waals surface area contributed by atoms with Crippen LogP contribution in [0.1, 0.15) is 24.1 Å². The number of anilines is 1. The molecule has 0 spiro atoms. The molecular formula is C15H14F2N4. The molecule has 0 aliphatic carbocycles. The summed E-state index contributed by atoms with van der Waals surface area (Å²) in [4.78, 5) is 4.24. The standard InChI is InChI=1S/C15H14F2N4/c1-9-3-4-11(7-13(9)17)10(2)18-15-19-14-6-5-12(16)8-21(14)20-15/h3-8,10H,1-2H3,(H,18,20). The average Bonchev–Trinajstić information content (AvgIpc) is 2.83. The van der Waals surface area contributed by atoms with Crippen LogP contribution in [-0.2, 0) is 0 Å². The highest BCUT2D eigenvalue weighted by atomic mass is 19.1. The minimum absolute atomic E-state index is 0.164. The molecule has 1 N–H and O–H groups in total. The molecule has 21 heavy (non-hydrogen) atoms. The first-order valence-electron chi connectivity index (χ1n) is 6.57. The third-order valence-electron chi connectivity index (χ3n) is 3.34. The van der Waals surface area contributed by atoms with Crippen LogP contribution < -0.4 is 5.32 Å². The molecule has 3 aromatic rings. The van der Waals surface area contributed by atoms with E-state index in [2.05, 4.69) is 15.4 Å². The summed E-state index contributed by atoms with van der Waals surface area (Å²) in [7, 11) is 0. The van der Waals surface area contributed by atoms with Crippen molar-refractivity contribution in [3.8, 4) is 0 Å². The average molecular weight is 288 g/mol. The van der Waals surface area contributed by atoms with E-state index in [1.807, 2.05) is 13.0 Å². The Balaban J connectivity index is 1.85. The van der Waals surface area contributed by atoms with Crippen molar-refractivity contribution >= 4 is 11.6 Å². The van der Waals surface area contributed by atoms with Crippen LogP contribution in [0, 0.1) is 18.6 Å². The number of rotatable bonds is 3. The Bertz CT molecular complexity index is 797. The molecule has 0 aliphatic rings. The zero-order valence-corrected chi connectivity index (χ0v) is 11.6. The second-order valence-corrected chi connectivity index (χ2v) is 4.96. The Labute approximate surface area is 120 Å². The van der Waals surface area contributed by atoms with E-state index in [1.165, 1.54) is 22.8 Å². The molecule has 0 saturated heterocycles. The smallest absolute Gasteiger partial charge is 0.243 e. The van der Waals surface area contributed by atoms with E-state index in [1.54, 1.807) is 19.1 Å². The van der Waals surface area contributed by atoms with Crippen LogP contribution >= 0.6 is 0 Å². The van der Waals surface area contributed by atoms with Crippen molar-refractivity contribution in [3.05, 3.63) is 59.3 Å². The van der Waals surface area contributed by atoms with E-state index in [0.717, 1.165) is 5.56 Å². The number of aromatic nitrogens is 3. The van der Waals surface area contributed by atoms with Crippen molar-refractivity contribution in [2.24, 2.45) is 0 Å². The van der Waals surface area contributed by atoms with Crippen molar-refractivity contribution in [2.75, 3.05) is 5.32 Å². The van der Waals surface area contributed by atoms with Gasteiger partial charge in [-0.3, -0.25) is 0 Å². The highest BCUT2D eigenvalue weighted by Crippen LogP contribution is 2.20. The van der Waals surface area contributed by atoms with Gasteiger partial charge >= 0.3 is 0 Å². The van der Waals surface area contributed by atoms with Gasteiger partial charge in [-0.1, -0.05) is 12.1 Å². The van der Waals surface area contributed by atoms with E-state index < -0.39 is 0 Å². The first-order valence-corrected chi connectivity index (χ1v) is 6.57. The topological polar surface area (TPSA) is 42.2 Å². The number of hydrogen-bond acceptors (Lipinski definition) is 3. The molecule has 1 aromatic carbocycles. The molecule has 1 unspecified atom stereocenters. The number of nitrogens with zero attached hydrogens (tertiary/aromatic N) is 3. The fraction of sp³-hybridized carbons (Fsp3) is 0.200. The number of aryl methyl sites for hydroxylation is 1. The molecule has 0 fully saturated rings. The number of halogens is 2. The first-order chi connectivity index (χ1) is 10.0. The van der Waals surface area contributed by atoms with Crippen LogP contribution in [0.15, 0.2) is 36.5 Å². The Morgan fingerprint density at radius 2 is 2.00 bits per heavy atom. The molecular weight excluding hydrogens is 274 g/mol. The second kappa shape index (κ2) is 5.12. The first kappa shape index (κ1) is 13.5. The zero-order chi connectivity index (χ0) is 15.0. The SMILES string of the molecule is Cc1ccc(C(C)Nc2nc3ccc(F)cn3n2)cc1F. The molecule has 0 radical (unpaired) electrons. The summed E-state index contributed by atoms with van der Waals surface area (Å²) in [6.07, 6.45) is 1.25. The van der Waals surface area contributed by atoms with E-state index in [0.29, 0.717) is 17.2 Å². The molecule has 2 aromatic heterocycles. The Kier molecular flexibility index (Phi) is 3.29. The third kappa shape index (κ3) is 2.69. The molecule has 0 amide bonds. The number of pyridine rings is 1. The largest absolute Gasteiger partial charge is 0.346 e. The van der Waals surface area contributed by atoms with Crippen LogP contribution in [0.5, 0.6) is 0 Å².